The summed E-state index contributed by atoms with van der Waals surface area (Å²) in [7, 11) is 0. The van der Waals surface area contributed by atoms with Crippen LogP contribution in [0, 0.1) is 5.92 Å². The zero-order valence-electron chi connectivity index (χ0n) is 10.8. The van der Waals surface area contributed by atoms with Crippen molar-refractivity contribution in [3.63, 3.8) is 0 Å². The molecule has 4 nitrogen and oxygen atoms in total. The van der Waals surface area contributed by atoms with E-state index in [1.165, 1.54) is 5.56 Å². The summed E-state index contributed by atoms with van der Waals surface area (Å²) in [5.74, 6) is 0.687. The highest BCUT2D eigenvalue weighted by Crippen LogP contribution is 2.15. The summed E-state index contributed by atoms with van der Waals surface area (Å²) in [6, 6.07) is 4.00. The van der Waals surface area contributed by atoms with E-state index >= 15 is 0 Å². The van der Waals surface area contributed by atoms with Crippen LogP contribution in [0.3, 0.4) is 0 Å². The molecule has 1 saturated heterocycles. The Balaban J connectivity index is 1.79. The molecular formula is C14H20N2O2. The number of carbonyl (C=O) groups is 1. The van der Waals surface area contributed by atoms with E-state index in [-0.39, 0.29) is 5.91 Å². The van der Waals surface area contributed by atoms with Crippen molar-refractivity contribution in [1.29, 1.82) is 0 Å². The van der Waals surface area contributed by atoms with E-state index in [9.17, 15) is 4.79 Å². The fourth-order valence-electron chi connectivity index (χ4n) is 2.05. The highest BCUT2D eigenvalue weighted by Gasteiger charge is 2.23. The molecule has 0 N–H and O–H groups in total. The Morgan fingerprint density at radius 2 is 2.17 bits per heavy atom. The molecule has 0 aliphatic carbocycles. The Labute approximate surface area is 108 Å². The molecule has 0 spiro atoms. The number of pyridine rings is 1. The molecule has 0 unspecified atom stereocenters. The molecule has 0 bridgehead atoms. The summed E-state index contributed by atoms with van der Waals surface area (Å²) >= 11 is 0. The van der Waals surface area contributed by atoms with E-state index in [0.29, 0.717) is 12.3 Å². The van der Waals surface area contributed by atoms with E-state index in [1.54, 1.807) is 12.4 Å². The van der Waals surface area contributed by atoms with Crippen molar-refractivity contribution in [2.24, 2.45) is 5.92 Å². The van der Waals surface area contributed by atoms with Crippen molar-refractivity contribution in [3.8, 4) is 0 Å². The number of nitrogens with zero attached hydrogens (tertiary/aromatic N) is 2. The van der Waals surface area contributed by atoms with Gasteiger partial charge in [0.2, 0.25) is 5.91 Å². The molecule has 1 aromatic heterocycles. The van der Waals surface area contributed by atoms with Crippen LogP contribution < -0.4 is 0 Å². The molecule has 1 fully saturated rings. The summed E-state index contributed by atoms with van der Waals surface area (Å²) in [5.41, 5.74) is 1.23. The molecule has 98 valence electrons. The number of hydrogen-bond donors (Lipinski definition) is 0. The predicted molar refractivity (Wildman–Crippen MR) is 69.1 cm³/mol. The van der Waals surface area contributed by atoms with E-state index < -0.39 is 0 Å². The maximum Gasteiger partial charge on any atom is 0.223 e. The lowest BCUT2D eigenvalue weighted by Crippen LogP contribution is -2.38. The largest absolute Gasteiger partial charge is 0.381 e. The van der Waals surface area contributed by atoms with Crippen molar-refractivity contribution in [2.45, 2.75) is 19.8 Å². The summed E-state index contributed by atoms with van der Waals surface area (Å²) < 4.78 is 5.10. The van der Waals surface area contributed by atoms with E-state index in [4.69, 9.17) is 4.74 Å². The number of rotatable bonds is 6. The van der Waals surface area contributed by atoms with Crippen molar-refractivity contribution in [1.82, 2.24) is 9.88 Å². The monoisotopic (exact) mass is 248 g/mol. The van der Waals surface area contributed by atoms with Crippen LogP contribution in [0.4, 0.5) is 0 Å². The van der Waals surface area contributed by atoms with Gasteiger partial charge in [-0.15, -0.1) is 0 Å². The maximum absolute atomic E-state index is 12.1. The maximum atomic E-state index is 12.1. The van der Waals surface area contributed by atoms with Crippen LogP contribution in [0.25, 0.3) is 0 Å². The number of hydrogen-bond acceptors (Lipinski definition) is 3. The Morgan fingerprint density at radius 1 is 1.44 bits per heavy atom. The van der Waals surface area contributed by atoms with Gasteiger partial charge in [-0.25, -0.2) is 0 Å². The molecule has 18 heavy (non-hydrogen) atoms. The molecule has 1 aliphatic heterocycles. The molecule has 2 heterocycles. The van der Waals surface area contributed by atoms with Crippen molar-refractivity contribution >= 4 is 5.91 Å². The minimum atomic E-state index is 0.250. The Bertz CT molecular complexity index is 377. The van der Waals surface area contributed by atoms with Crippen LogP contribution in [0.5, 0.6) is 0 Å². The summed E-state index contributed by atoms with van der Waals surface area (Å²) in [5, 5.41) is 0. The van der Waals surface area contributed by atoms with Gasteiger partial charge in [0.05, 0.1) is 13.2 Å². The van der Waals surface area contributed by atoms with Gasteiger partial charge in [0, 0.05) is 37.8 Å². The van der Waals surface area contributed by atoms with Gasteiger partial charge in [-0.05, 0) is 31.0 Å². The third kappa shape index (κ3) is 3.53. The zero-order chi connectivity index (χ0) is 12.8. The van der Waals surface area contributed by atoms with Crippen LogP contribution >= 0.6 is 0 Å². The number of aromatic nitrogens is 1. The first kappa shape index (κ1) is 13.0. The van der Waals surface area contributed by atoms with Gasteiger partial charge >= 0.3 is 0 Å². The van der Waals surface area contributed by atoms with Crippen LogP contribution in [0.1, 0.15) is 18.9 Å². The van der Waals surface area contributed by atoms with Crippen molar-refractivity contribution in [3.05, 3.63) is 30.1 Å². The molecule has 0 atom stereocenters. The quantitative estimate of drug-likeness (QED) is 0.766. The normalized spacial score (nSPS) is 15.2. The van der Waals surface area contributed by atoms with Crippen LogP contribution in [-0.4, -0.2) is 42.1 Å². The average Bonchev–Trinajstić information content (AvgIpc) is 2.36. The Kier molecular flexibility index (Phi) is 4.70. The van der Waals surface area contributed by atoms with E-state index in [2.05, 4.69) is 4.98 Å². The van der Waals surface area contributed by atoms with Gasteiger partial charge in [0.15, 0.2) is 0 Å². The Morgan fingerprint density at radius 3 is 2.72 bits per heavy atom. The van der Waals surface area contributed by atoms with Gasteiger partial charge in [0.1, 0.15) is 0 Å². The average molecular weight is 248 g/mol. The topological polar surface area (TPSA) is 42.4 Å². The highest BCUT2D eigenvalue weighted by molar-refractivity contribution is 5.76. The van der Waals surface area contributed by atoms with Gasteiger partial charge < -0.3 is 9.64 Å². The van der Waals surface area contributed by atoms with Gasteiger partial charge in [-0.2, -0.15) is 0 Å². The summed E-state index contributed by atoms with van der Waals surface area (Å²) in [4.78, 5) is 18.0. The molecule has 0 aromatic carbocycles. The highest BCUT2D eigenvalue weighted by atomic mass is 16.5. The summed E-state index contributed by atoms with van der Waals surface area (Å²) in [6.07, 6.45) is 5.10. The molecule has 4 heteroatoms. The zero-order valence-corrected chi connectivity index (χ0v) is 10.8. The van der Waals surface area contributed by atoms with Gasteiger partial charge in [-0.1, -0.05) is 0 Å². The standard InChI is InChI=1S/C14H20N2O2/c1-2-16(14(17)9-13-10-18-11-13)8-5-12-3-6-15-7-4-12/h3-4,6-7,13H,2,5,8-11H2,1H3. The molecule has 0 radical (unpaired) electrons. The lowest BCUT2D eigenvalue weighted by Gasteiger charge is -2.28. The van der Waals surface area contributed by atoms with Gasteiger partial charge in [-0.3, -0.25) is 9.78 Å². The third-order valence-corrected chi connectivity index (χ3v) is 3.32. The number of amides is 1. The second-order valence-electron chi connectivity index (χ2n) is 4.69. The minimum Gasteiger partial charge on any atom is -0.381 e. The van der Waals surface area contributed by atoms with E-state index in [0.717, 1.165) is 32.7 Å². The number of ether oxygens (including phenoxy) is 1. The fraction of sp³-hybridized carbons (Fsp3) is 0.571. The van der Waals surface area contributed by atoms with Crippen LogP contribution in [0.15, 0.2) is 24.5 Å². The first-order valence-electron chi connectivity index (χ1n) is 6.54. The molecular weight excluding hydrogens is 228 g/mol. The molecule has 1 aromatic rings. The second-order valence-corrected chi connectivity index (χ2v) is 4.69. The molecule has 1 amide bonds. The van der Waals surface area contributed by atoms with E-state index in [1.807, 2.05) is 24.0 Å². The van der Waals surface area contributed by atoms with Crippen molar-refractivity contribution < 1.29 is 9.53 Å². The first-order valence-corrected chi connectivity index (χ1v) is 6.54. The predicted octanol–water partition coefficient (Wildman–Crippen LogP) is 1.51. The first-order chi connectivity index (χ1) is 8.79. The molecule has 1 aliphatic rings. The van der Waals surface area contributed by atoms with Crippen molar-refractivity contribution in [2.75, 3.05) is 26.3 Å². The second kappa shape index (κ2) is 6.50. The van der Waals surface area contributed by atoms with Crippen LogP contribution in [-0.2, 0) is 16.0 Å². The van der Waals surface area contributed by atoms with Gasteiger partial charge in [0.25, 0.3) is 0 Å². The Hall–Kier alpha value is -1.42. The summed E-state index contributed by atoms with van der Waals surface area (Å²) in [6.45, 7) is 5.08. The minimum absolute atomic E-state index is 0.250. The van der Waals surface area contributed by atoms with Crippen LogP contribution in [0.2, 0.25) is 0 Å². The fourth-order valence-corrected chi connectivity index (χ4v) is 2.05. The SMILES string of the molecule is CCN(CCc1ccncc1)C(=O)CC1COC1. The lowest BCUT2D eigenvalue weighted by atomic mass is 10.0. The lowest BCUT2D eigenvalue weighted by molar-refractivity contribution is -0.136. The third-order valence-electron chi connectivity index (χ3n) is 3.32. The molecule has 0 saturated carbocycles. The smallest absolute Gasteiger partial charge is 0.223 e. The number of carbonyl (C=O) groups excluding carboxylic acids is 1. The number of likely N-dealkylation sites (N-methyl/N-ethyl adjacent to an activating group) is 1. The molecule has 2 rings (SSSR count).